The highest BCUT2D eigenvalue weighted by molar-refractivity contribution is 5.73. The summed E-state index contributed by atoms with van der Waals surface area (Å²) in [7, 11) is 3.40. The van der Waals surface area contributed by atoms with Gasteiger partial charge in [0.15, 0.2) is 0 Å². The molecular formula is C15H16O2. The summed E-state index contributed by atoms with van der Waals surface area (Å²) in [5.74, 6) is 0.880. The summed E-state index contributed by atoms with van der Waals surface area (Å²) in [6, 6.07) is 16.2. The summed E-state index contributed by atoms with van der Waals surface area (Å²) in [5.41, 5.74) is 3.40. The average molecular weight is 228 g/mol. The quantitative estimate of drug-likeness (QED) is 0.797. The molecule has 0 saturated carbocycles. The second-order valence-electron chi connectivity index (χ2n) is 3.79. The molecular weight excluding hydrogens is 212 g/mol. The fourth-order valence-electron chi connectivity index (χ4n) is 1.95. The van der Waals surface area contributed by atoms with Gasteiger partial charge in [-0.2, -0.15) is 0 Å². The Morgan fingerprint density at radius 1 is 0.882 bits per heavy atom. The van der Waals surface area contributed by atoms with E-state index in [1.54, 1.807) is 14.2 Å². The molecule has 0 aliphatic heterocycles. The topological polar surface area (TPSA) is 18.5 Å². The van der Waals surface area contributed by atoms with E-state index < -0.39 is 0 Å². The van der Waals surface area contributed by atoms with Gasteiger partial charge < -0.3 is 9.47 Å². The van der Waals surface area contributed by atoms with Crippen LogP contribution in [-0.2, 0) is 11.3 Å². The third-order valence-corrected chi connectivity index (χ3v) is 2.69. The van der Waals surface area contributed by atoms with E-state index in [1.807, 2.05) is 30.3 Å². The van der Waals surface area contributed by atoms with E-state index >= 15 is 0 Å². The maximum absolute atomic E-state index is 5.43. The Balaban J connectivity index is 2.56. The molecule has 2 rings (SSSR count). The first-order chi connectivity index (χ1) is 8.36. The second kappa shape index (κ2) is 5.51. The van der Waals surface area contributed by atoms with Gasteiger partial charge >= 0.3 is 0 Å². The normalized spacial score (nSPS) is 10.2. The molecule has 0 bridgehead atoms. The molecule has 0 aliphatic carbocycles. The minimum atomic E-state index is 0.585. The molecule has 0 unspecified atom stereocenters. The third kappa shape index (κ3) is 2.48. The van der Waals surface area contributed by atoms with Gasteiger partial charge in [0.2, 0.25) is 0 Å². The largest absolute Gasteiger partial charge is 0.496 e. The molecule has 88 valence electrons. The fourth-order valence-corrected chi connectivity index (χ4v) is 1.95. The summed E-state index contributed by atoms with van der Waals surface area (Å²) in [5, 5.41) is 0. The van der Waals surface area contributed by atoms with Crippen LogP contribution in [0.15, 0.2) is 48.5 Å². The molecule has 0 spiro atoms. The monoisotopic (exact) mass is 228 g/mol. The summed E-state index contributed by atoms with van der Waals surface area (Å²) in [4.78, 5) is 0. The molecule has 0 heterocycles. The molecule has 2 aromatic carbocycles. The van der Waals surface area contributed by atoms with E-state index in [-0.39, 0.29) is 0 Å². The summed E-state index contributed by atoms with van der Waals surface area (Å²) < 4.78 is 10.7. The molecule has 17 heavy (non-hydrogen) atoms. The first kappa shape index (κ1) is 11.7. The first-order valence-corrected chi connectivity index (χ1v) is 5.57. The summed E-state index contributed by atoms with van der Waals surface area (Å²) >= 11 is 0. The van der Waals surface area contributed by atoms with Crippen LogP contribution in [0.1, 0.15) is 5.56 Å². The zero-order chi connectivity index (χ0) is 12.1. The van der Waals surface area contributed by atoms with Gasteiger partial charge in [0, 0.05) is 12.7 Å². The smallest absolute Gasteiger partial charge is 0.127 e. The molecule has 2 aromatic rings. The summed E-state index contributed by atoms with van der Waals surface area (Å²) in [6.45, 7) is 0.585. The molecule has 2 nitrogen and oxygen atoms in total. The highest BCUT2D eigenvalue weighted by atomic mass is 16.5. The molecule has 0 saturated heterocycles. The van der Waals surface area contributed by atoms with Gasteiger partial charge in [-0.1, -0.05) is 42.5 Å². The van der Waals surface area contributed by atoms with Crippen LogP contribution >= 0.6 is 0 Å². The zero-order valence-corrected chi connectivity index (χ0v) is 10.1. The van der Waals surface area contributed by atoms with Crippen molar-refractivity contribution in [2.45, 2.75) is 6.61 Å². The molecule has 0 aromatic heterocycles. The second-order valence-corrected chi connectivity index (χ2v) is 3.79. The molecule has 0 radical (unpaired) electrons. The molecule has 0 atom stereocenters. The van der Waals surface area contributed by atoms with Crippen LogP contribution in [0.3, 0.4) is 0 Å². The van der Waals surface area contributed by atoms with Gasteiger partial charge in [0.1, 0.15) is 5.75 Å². The van der Waals surface area contributed by atoms with Crippen molar-refractivity contribution in [3.05, 3.63) is 54.1 Å². The highest BCUT2D eigenvalue weighted by Gasteiger charge is 2.10. The Hall–Kier alpha value is -1.80. The minimum absolute atomic E-state index is 0.585. The SMILES string of the molecule is COCc1cccc(OC)c1-c1ccccc1. The van der Waals surface area contributed by atoms with Crippen LogP contribution in [0.25, 0.3) is 11.1 Å². The van der Waals surface area contributed by atoms with Crippen molar-refractivity contribution >= 4 is 0 Å². The Bertz CT molecular complexity index is 478. The number of rotatable bonds is 4. The predicted octanol–water partition coefficient (Wildman–Crippen LogP) is 3.51. The molecule has 0 amide bonds. The van der Waals surface area contributed by atoms with Gasteiger partial charge in [-0.05, 0) is 17.2 Å². The number of methoxy groups -OCH3 is 2. The Morgan fingerprint density at radius 3 is 2.29 bits per heavy atom. The first-order valence-electron chi connectivity index (χ1n) is 5.57. The van der Waals surface area contributed by atoms with Crippen molar-refractivity contribution in [3.63, 3.8) is 0 Å². The van der Waals surface area contributed by atoms with Gasteiger partial charge in [-0.15, -0.1) is 0 Å². The van der Waals surface area contributed by atoms with E-state index in [9.17, 15) is 0 Å². The third-order valence-electron chi connectivity index (χ3n) is 2.69. The number of benzene rings is 2. The van der Waals surface area contributed by atoms with Crippen LogP contribution in [0, 0.1) is 0 Å². The van der Waals surface area contributed by atoms with Crippen molar-refractivity contribution in [2.24, 2.45) is 0 Å². The number of ether oxygens (including phenoxy) is 2. The van der Waals surface area contributed by atoms with E-state index in [0.29, 0.717) is 6.61 Å². The fraction of sp³-hybridized carbons (Fsp3) is 0.200. The lowest BCUT2D eigenvalue weighted by Crippen LogP contribution is -1.95. The number of hydrogen-bond donors (Lipinski definition) is 0. The minimum Gasteiger partial charge on any atom is -0.496 e. The predicted molar refractivity (Wildman–Crippen MR) is 69.1 cm³/mol. The maximum atomic E-state index is 5.43. The number of hydrogen-bond acceptors (Lipinski definition) is 2. The Morgan fingerprint density at radius 2 is 1.65 bits per heavy atom. The van der Waals surface area contributed by atoms with Gasteiger partial charge in [-0.3, -0.25) is 0 Å². The van der Waals surface area contributed by atoms with Crippen molar-refractivity contribution in [1.29, 1.82) is 0 Å². The Kier molecular flexibility index (Phi) is 3.78. The highest BCUT2D eigenvalue weighted by Crippen LogP contribution is 2.33. The summed E-state index contributed by atoms with van der Waals surface area (Å²) in [6.07, 6.45) is 0. The van der Waals surface area contributed by atoms with Crippen molar-refractivity contribution in [3.8, 4) is 16.9 Å². The lowest BCUT2D eigenvalue weighted by Gasteiger charge is -2.13. The van der Waals surface area contributed by atoms with Crippen LogP contribution in [0.5, 0.6) is 5.75 Å². The molecule has 0 aliphatic rings. The van der Waals surface area contributed by atoms with Crippen LogP contribution in [0.2, 0.25) is 0 Å². The van der Waals surface area contributed by atoms with E-state index in [2.05, 4.69) is 18.2 Å². The molecule has 2 heteroatoms. The van der Waals surface area contributed by atoms with E-state index in [1.165, 1.54) is 0 Å². The zero-order valence-electron chi connectivity index (χ0n) is 10.1. The van der Waals surface area contributed by atoms with Crippen molar-refractivity contribution in [1.82, 2.24) is 0 Å². The standard InChI is InChI=1S/C15H16O2/c1-16-11-13-9-6-10-14(17-2)15(13)12-7-4-3-5-8-12/h3-10H,11H2,1-2H3. The molecule has 0 fully saturated rings. The lowest BCUT2D eigenvalue weighted by atomic mass is 9.99. The van der Waals surface area contributed by atoms with Crippen molar-refractivity contribution < 1.29 is 9.47 Å². The van der Waals surface area contributed by atoms with Crippen LogP contribution < -0.4 is 4.74 Å². The lowest BCUT2D eigenvalue weighted by molar-refractivity contribution is 0.185. The van der Waals surface area contributed by atoms with E-state index in [0.717, 1.165) is 22.4 Å². The van der Waals surface area contributed by atoms with Crippen LogP contribution in [-0.4, -0.2) is 14.2 Å². The molecule has 0 N–H and O–H groups in total. The van der Waals surface area contributed by atoms with Gasteiger partial charge in [-0.25, -0.2) is 0 Å². The van der Waals surface area contributed by atoms with Gasteiger partial charge in [0.05, 0.1) is 13.7 Å². The van der Waals surface area contributed by atoms with E-state index in [4.69, 9.17) is 9.47 Å². The van der Waals surface area contributed by atoms with Crippen molar-refractivity contribution in [2.75, 3.05) is 14.2 Å². The maximum Gasteiger partial charge on any atom is 0.127 e. The average Bonchev–Trinajstić information content (AvgIpc) is 2.40. The van der Waals surface area contributed by atoms with Crippen LogP contribution in [0.4, 0.5) is 0 Å². The Labute approximate surface area is 102 Å². The van der Waals surface area contributed by atoms with Gasteiger partial charge in [0.25, 0.3) is 0 Å².